The summed E-state index contributed by atoms with van der Waals surface area (Å²) in [5.74, 6) is -0.533. The lowest BCUT2D eigenvalue weighted by Gasteiger charge is -2.24. The van der Waals surface area contributed by atoms with E-state index in [0.29, 0.717) is 51.6 Å². The molecule has 4 aromatic rings. The molecule has 0 saturated carbocycles. The molecule has 0 bridgehead atoms. The average molecular weight is 708 g/mol. The predicted molar refractivity (Wildman–Crippen MR) is 172 cm³/mol. The molecule has 1 N–H and O–H groups in total. The van der Waals surface area contributed by atoms with Crippen LogP contribution >= 0.6 is 15.9 Å². The zero-order valence-corrected chi connectivity index (χ0v) is 27.2. The lowest BCUT2D eigenvalue weighted by atomic mass is 10.0. The summed E-state index contributed by atoms with van der Waals surface area (Å²) in [7, 11) is 0. The number of carbonyl (C=O) groups is 3. The first-order valence-corrected chi connectivity index (χ1v) is 16.2. The van der Waals surface area contributed by atoms with Gasteiger partial charge in [-0.25, -0.2) is 19.3 Å². The molecule has 244 valence electrons. The maximum atomic E-state index is 14.6. The molecule has 14 heteroatoms. The number of hydrogen-bond acceptors (Lipinski definition) is 9. The van der Waals surface area contributed by atoms with Crippen LogP contribution in [0.15, 0.2) is 59.6 Å². The third-order valence-electron chi connectivity index (χ3n) is 8.88. The molecule has 6 heterocycles. The van der Waals surface area contributed by atoms with E-state index in [0.717, 1.165) is 5.56 Å². The van der Waals surface area contributed by atoms with E-state index < -0.39 is 24.0 Å². The van der Waals surface area contributed by atoms with Crippen molar-refractivity contribution in [3.63, 3.8) is 0 Å². The number of ketones is 1. The number of nitrogens with one attached hydrogen (secondary N) is 1. The van der Waals surface area contributed by atoms with Gasteiger partial charge in [-0.2, -0.15) is 0 Å². The second-order valence-corrected chi connectivity index (χ2v) is 13.0. The highest BCUT2D eigenvalue weighted by atomic mass is 79.9. The molecule has 3 aliphatic heterocycles. The van der Waals surface area contributed by atoms with Crippen molar-refractivity contribution in [1.29, 1.82) is 0 Å². The van der Waals surface area contributed by atoms with Crippen molar-refractivity contribution in [1.82, 2.24) is 24.4 Å². The summed E-state index contributed by atoms with van der Waals surface area (Å²) >= 11 is 3.26. The zero-order chi connectivity index (χ0) is 32.8. The molecule has 47 heavy (non-hydrogen) atoms. The molecule has 0 unspecified atom stereocenters. The number of aromatic nitrogens is 4. The second kappa shape index (κ2) is 12.7. The lowest BCUT2D eigenvalue weighted by molar-refractivity contribution is -0.137. The highest BCUT2D eigenvalue weighted by molar-refractivity contribution is 9.10. The quantitative estimate of drug-likeness (QED) is 0.211. The molecule has 3 aromatic heterocycles. The smallest absolute Gasteiger partial charge is 0.316 e. The van der Waals surface area contributed by atoms with Gasteiger partial charge in [-0.1, -0.05) is 19.1 Å². The number of Topliss-reactive ketones (excluding diaryl/α,β-unsaturated/α-hetero) is 1. The number of hydrogen-bond donors (Lipinski definition) is 1. The Morgan fingerprint density at radius 2 is 1.87 bits per heavy atom. The van der Waals surface area contributed by atoms with Crippen molar-refractivity contribution in [3.05, 3.63) is 65.2 Å². The van der Waals surface area contributed by atoms with Gasteiger partial charge in [-0.15, -0.1) is 0 Å². The number of likely N-dealkylation sites (tertiary alicyclic amines) is 1. The van der Waals surface area contributed by atoms with Gasteiger partial charge in [0.05, 0.1) is 25.9 Å². The number of anilines is 1. The molecule has 12 nitrogen and oxygen atoms in total. The van der Waals surface area contributed by atoms with E-state index in [1.807, 2.05) is 18.2 Å². The van der Waals surface area contributed by atoms with Crippen molar-refractivity contribution < 1.29 is 33.0 Å². The van der Waals surface area contributed by atoms with Crippen LogP contribution in [0.1, 0.15) is 30.6 Å². The molecular weight excluding hydrogens is 675 g/mol. The van der Waals surface area contributed by atoms with Gasteiger partial charge >= 0.3 is 6.01 Å². The Balaban J connectivity index is 1.08. The summed E-state index contributed by atoms with van der Waals surface area (Å²) in [4.78, 5) is 53.5. The highest BCUT2D eigenvalue weighted by Gasteiger charge is 2.47. The molecule has 0 radical (unpaired) electrons. The summed E-state index contributed by atoms with van der Waals surface area (Å²) in [6, 6.07) is 9.77. The number of ether oxygens (including phenoxy) is 3. The Hall–Kier alpha value is -4.27. The molecule has 3 fully saturated rings. The minimum absolute atomic E-state index is 0.0148. The second-order valence-electron chi connectivity index (χ2n) is 12.2. The minimum atomic E-state index is -1.34. The van der Waals surface area contributed by atoms with Crippen molar-refractivity contribution in [2.75, 3.05) is 25.1 Å². The first kappa shape index (κ1) is 31.3. The number of nitrogens with zero attached hydrogens (tertiary/aromatic N) is 5. The topological polar surface area (TPSA) is 138 Å². The van der Waals surface area contributed by atoms with Crippen molar-refractivity contribution in [3.8, 4) is 17.1 Å². The van der Waals surface area contributed by atoms with Gasteiger partial charge < -0.3 is 29.0 Å². The van der Waals surface area contributed by atoms with Crippen LogP contribution in [0.3, 0.4) is 0 Å². The van der Waals surface area contributed by atoms with Gasteiger partial charge in [0.2, 0.25) is 11.8 Å². The van der Waals surface area contributed by atoms with Gasteiger partial charge in [-0.05, 0) is 52.7 Å². The summed E-state index contributed by atoms with van der Waals surface area (Å²) in [5, 5.41) is 3.32. The molecule has 0 aliphatic carbocycles. The van der Waals surface area contributed by atoms with Gasteiger partial charge in [0.1, 0.15) is 35.3 Å². The third-order valence-corrected chi connectivity index (χ3v) is 9.32. The van der Waals surface area contributed by atoms with E-state index in [1.54, 1.807) is 41.4 Å². The fourth-order valence-electron chi connectivity index (χ4n) is 6.54. The Bertz CT molecular complexity index is 1850. The predicted octanol–water partition coefficient (Wildman–Crippen LogP) is 4.22. The van der Waals surface area contributed by atoms with Crippen LogP contribution in [0.4, 0.5) is 10.2 Å². The van der Waals surface area contributed by atoms with Crippen molar-refractivity contribution in [2.45, 2.75) is 57.3 Å². The molecule has 3 saturated heterocycles. The normalized spacial score (nSPS) is 25.2. The number of rotatable bonds is 8. The lowest BCUT2D eigenvalue weighted by Crippen LogP contribution is -2.44. The summed E-state index contributed by atoms with van der Waals surface area (Å²) < 4.78 is 34.4. The number of amides is 2. The Morgan fingerprint density at radius 1 is 1.09 bits per heavy atom. The van der Waals surface area contributed by atoms with Crippen LogP contribution in [0.2, 0.25) is 0 Å². The summed E-state index contributed by atoms with van der Waals surface area (Å²) in [5.41, 5.74) is 2.55. The molecule has 2 amide bonds. The Morgan fingerprint density at radius 3 is 2.64 bits per heavy atom. The van der Waals surface area contributed by atoms with E-state index in [2.05, 4.69) is 43.1 Å². The first-order valence-electron chi connectivity index (χ1n) is 15.4. The number of halogens is 2. The first-order chi connectivity index (χ1) is 22.6. The van der Waals surface area contributed by atoms with E-state index >= 15 is 0 Å². The molecule has 1 aromatic carbocycles. The number of benzene rings is 1. The number of fused-ring (bicyclic) bond motifs is 2. The van der Waals surface area contributed by atoms with Crippen LogP contribution in [-0.4, -0.2) is 92.3 Å². The fraction of sp³-hybridized carbons (Fsp3) is 0.394. The van der Waals surface area contributed by atoms with E-state index in [-0.39, 0.29) is 49.6 Å². The molecule has 7 rings (SSSR count). The molecular formula is C33H32BrFN6O6. The van der Waals surface area contributed by atoms with Gasteiger partial charge in [-0.3, -0.25) is 14.4 Å². The van der Waals surface area contributed by atoms with Crippen LogP contribution in [0.5, 0.6) is 6.01 Å². The standard InChI is InChI=1S/C33H32BrFN6O6/c1-17-15-45-31-26(16-46-30(17)31)47-33-36-10-20(11-37-33)19-6-7-24-22(8-19)23(18(2)42)13-40(24)14-29(43)41-12-21(35)9-25(41)32(44)39-28-5-3-4-27(34)38-28/h3-8,10-11,13,17,21,25-26,30-31H,9,12,14-16H2,1-2H3,(H,38,39,44)/t17-,21-,25+,26-,30-,31-/m1/s1. The van der Waals surface area contributed by atoms with Crippen LogP contribution in [0, 0.1) is 5.92 Å². The fourth-order valence-corrected chi connectivity index (χ4v) is 6.88. The van der Waals surface area contributed by atoms with Gasteiger partial charge in [0, 0.05) is 53.0 Å². The third kappa shape index (κ3) is 6.24. The minimum Gasteiger partial charge on any atom is -0.455 e. The Kier molecular flexibility index (Phi) is 8.49. The van der Waals surface area contributed by atoms with Gasteiger partial charge in [0.15, 0.2) is 11.9 Å². The summed E-state index contributed by atoms with van der Waals surface area (Å²) in [6.07, 6.45) is 3.06. The van der Waals surface area contributed by atoms with Crippen LogP contribution in [-0.2, 0) is 25.6 Å². The number of alkyl halides is 1. The van der Waals surface area contributed by atoms with Gasteiger partial charge in [0.25, 0.3) is 0 Å². The summed E-state index contributed by atoms with van der Waals surface area (Å²) in [6.45, 7) is 4.21. The zero-order valence-electron chi connectivity index (χ0n) is 25.6. The van der Waals surface area contributed by atoms with Crippen LogP contribution in [0.25, 0.3) is 22.0 Å². The van der Waals surface area contributed by atoms with Crippen molar-refractivity contribution >= 4 is 50.2 Å². The largest absolute Gasteiger partial charge is 0.455 e. The molecule has 6 atom stereocenters. The number of carbonyl (C=O) groups excluding carboxylic acids is 3. The Labute approximate surface area is 277 Å². The SMILES string of the molecule is CC(=O)c1cn(CC(=O)N2C[C@H](F)C[C@H]2C(=O)Nc2cccc(Br)n2)c2ccc(-c3cnc(O[C@@H]4CO[C@H]5[C@@H]4OC[C@H]5C)nc3)cc12. The molecule has 0 spiro atoms. The van der Waals surface area contributed by atoms with Crippen molar-refractivity contribution in [2.24, 2.45) is 5.92 Å². The maximum absolute atomic E-state index is 14.6. The van der Waals surface area contributed by atoms with E-state index in [4.69, 9.17) is 14.2 Å². The maximum Gasteiger partial charge on any atom is 0.316 e. The van der Waals surface area contributed by atoms with E-state index in [1.165, 1.54) is 11.8 Å². The average Bonchev–Trinajstić information content (AvgIpc) is 3.82. The monoisotopic (exact) mass is 706 g/mol. The number of pyridine rings is 1. The molecule has 3 aliphatic rings. The van der Waals surface area contributed by atoms with Crippen LogP contribution < -0.4 is 10.1 Å². The van der Waals surface area contributed by atoms with E-state index in [9.17, 15) is 18.8 Å². The highest BCUT2D eigenvalue weighted by Crippen LogP contribution is 2.33.